The van der Waals surface area contributed by atoms with Crippen molar-refractivity contribution in [2.24, 2.45) is 0 Å². The van der Waals surface area contributed by atoms with Crippen LogP contribution < -0.4 is 9.80 Å². The highest BCUT2D eigenvalue weighted by atomic mass is 35.5. The largest absolute Gasteiger partial charge is 0.378 e. The van der Waals surface area contributed by atoms with Crippen molar-refractivity contribution in [3.63, 3.8) is 0 Å². The minimum Gasteiger partial charge on any atom is -0.378 e. The molecule has 0 atom stereocenters. The maximum atomic E-state index is 6.86. The summed E-state index contributed by atoms with van der Waals surface area (Å²) < 4.78 is 2.12. The van der Waals surface area contributed by atoms with Gasteiger partial charge in [0.15, 0.2) is 5.71 Å². The van der Waals surface area contributed by atoms with Crippen LogP contribution in [0.4, 0.5) is 11.4 Å². The molecular formula is C39H53ClN3+. The third-order valence-corrected chi connectivity index (χ3v) is 8.16. The van der Waals surface area contributed by atoms with Crippen LogP contribution in [0.1, 0.15) is 76.3 Å². The van der Waals surface area contributed by atoms with Gasteiger partial charge in [-0.15, -0.1) is 0 Å². The van der Waals surface area contributed by atoms with Crippen molar-refractivity contribution in [3.05, 3.63) is 107 Å². The molecule has 0 spiro atoms. The fraction of sp³-hybridized carbons (Fsp3) is 0.410. The molecule has 3 rings (SSSR count). The molecule has 43 heavy (non-hydrogen) atoms. The molecule has 3 nitrogen and oxygen atoms in total. The molecule has 0 fully saturated rings. The third kappa shape index (κ3) is 11.4. The standard InChI is InChI=1S/C39H53ClN3/c1-7-9-11-13-29-43(30-14-12-10-8-2)38-23-16-32(17-24-38)15-22-35(40)31-39(33-18-25-36(26-19-33)41(3)4)34-20-27-37(28-21-34)42(5)6/h15-28,31H,7-14,29-30H2,1-6H3/q+1. The zero-order chi connectivity index (χ0) is 31.0. The van der Waals surface area contributed by atoms with E-state index in [2.05, 4.69) is 141 Å². The molecule has 2 aromatic carbocycles. The molecule has 0 radical (unpaired) electrons. The van der Waals surface area contributed by atoms with Gasteiger partial charge in [-0.25, -0.2) is 4.58 Å². The van der Waals surface area contributed by atoms with Crippen molar-refractivity contribution in [2.45, 2.75) is 65.2 Å². The summed E-state index contributed by atoms with van der Waals surface area (Å²) in [4.78, 5) is 4.69. The number of hydrogen-bond acceptors (Lipinski definition) is 2. The lowest BCUT2D eigenvalue weighted by Gasteiger charge is -2.25. The maximum Gasteiger partial charge on any atom is 0.199 e. The maximum absolute atomic E-state index is 6.86. The van der Waals surface area contributed by atoms with E-state index in [1.54, 1.807) is 0 Å². The Morgan fingerprint density at radius 1 is 0.721 bits per heavy atom. The highest BCUT2D eigenvalue weighted by Crippen LogP contribution is 2.28. The monoisotopic (exact) mass is 598 g/mol. The van der Waals surface area contributed by atoms with Gasteiger partial charge < -0.3 is 9.80 Å². The summed E-state index contributed by atoms with van der Waals surface area (Å²) >= 11 is 6.86. The average Bonchev–Trinajstić information content (AvgIpc) is 3.02. The van der Waals surface area contributed by atoms with Crippen LogP contribution in [-0.4, -0.2) is 51.6 Å². The predicted molar refractivity (Wildman–Crippen MR) is 193 cm³/mol. The van der Waals surface area contributed by atoms with Crippen molar-refractivity contribution in [1.29, 1.82) is 0 Å². The first-order valence-corrected chi connectivity index (χ1v) is 16.5. The van der Waals surface area contributed by atoms with Crippen molar-refractivity contribution < 1.29 is 4.58 Å². The van der Waals surface area contributed by atoms with Crippen LogP contribution in [0, 0.1) is 0 Å². The van der Waals surface area contributed by atoms with Gasteiger partial charge in [0.05, 0.1) is 0 Å². The van der Waals surface area contributed by atoms with Gasteiger partial charge in [-0.05, 0) is 83.7 Å². The number of hydrogen-bond donors (Lipinski definition) is 0. The van der Waals surface area contributed by atoms with Gasteiger partial charge in [0.25, 0.3) is 0 Å². The van der Waals surface area contributed by atoms with Gasteiger partial charge in [0.1, 0.15) is 14.1 Å². The number of allylic oxidation sites excluding steroid dienone is 9. The lowest BCUT2D eigenvalue weighted by atomic mass is 9.95. The van der Waals surface area contributed by atoms with Gasteiger partial charge in [-0.3, -0.25) is 0 Å². The summed E-state index contributed by atoms with van der Waals surface area (Å²) in [5.74, 6) is 0. The SMILES string of the molecule is CCCCCCN(CCCCCC)c1ccc(/C=C/C(Cl)=C/C(=C2C=CC(=[N+](C)C)C=C2)c2ccc(N(C)C)cc2)cc1. The number of unbranched alkanes of at least 4 members (excludes halogenated alkanes) is 6. The second-order valence-electron chi connectivity index (χ2n) is 11.9. The minimum absolute atomic E-state index is 0.695. The number of benzene rings is 2. The van der Waals surface area contributed by atoms with E-state index in [-0.39, 0.29) is 0 Å². The van der Waals surface area contributed by atoms with Crippen LogP contribution in [0.15, 0.2) is 95.6 Å². The summed E-state index contributed by atoms with van der Waals surface area (Å²) in [5, 5.41) is 0.695. The molecule has 0 amide bonds. The number of anilines is 2. The number of halogens is 1. The summed E-state index contributed by atoms with van der Waals surface area (Å²) in [5.41, 5.74) is 8.19. The predicted octanol–water partition coefficient (Wildman–Crippen LogP) is 10.1. The molecule has 0 unspecified atom stereocenters. The summed E-state index contributed by atoms with van der Waals surface area (Å²) in [6.45, 7) is 6.83. The van der Waals surface area contributed by atoms with Crippen molar-refractivity contribution in [2.75, 3.05) is 51.1 Å². The van der Waals surface area contributed by atoms with Crippen LogP contribution in [0.25, 0.3) is 11.6 Å². The molecule has 1 aliphatic carbocycles. The summed E-state index contributed by atoms with van der Waals surface area (Å²) in [6.07, 6.45) is 25.2. The van der Waals surface area contributed by atoms with Crippen molar-refractivity contribution >= 4 is 40.3 Å². The van der Waals surface area contributed by atoms with Crippen LogP contribution in [-0.2, 0) is 0 Å². The first-order valence-electron chi connectivity index (χ1n) is 16.1. The topological polar surface area (TPSA) is 9.49 Å². The Morgan fingerprint density at radius 2 is 1.28 bits per heavy atom. The van der Waals surface area contributed by atoms with E-state index >= 15 is 0 Å². The molecule has 0 saturated carbocycles. The summed E-state index contributed by atoms with van der Waals surface area (Å²) in [7, 11) is 8.25. The molecule has 0 N–H and O–H groups in total. The average molecular weight is 599 g/mol. The molecular weight excluding hydrogens is 546 g/mol. The Balaban J connectivity index is 1.80. The lowest BCUT2D eigenvalue weighted by molar-refractivity contribution is -0.462. The first-order chi connectivity index (χ1) is 20.8. The highest BCUT2D eigenvalue weighted by Gasteiger charge is 2.11. The molecule has 230 valence electrons. The molecule has 0 saturated heterocycles. The van der Waals surface area contributed by atoms with Crippen LogP contribution in [0.2, 0.25) is 0 Å². The Morgan fingerprint density at radius 3 is 1.79 bits per heavy atom. The lowest BCUT2D eigenvalue weighted by Crippen LogP contribution is -2.25. The number of nitrogens with zero attached hydrogens (tertiary/aromatic N) is 3. The molecule has 1 aliphatic rings. The molecule has 4 heteroatoms. The van der Waals surface area contributed by atoms with E-state index in [1.807, 2.05) is 6.08 Å². The Labute approximate surface area is 267 Å². The smallest absolute Gasteiger partial charge is 0.199 e. The molecule has 0 aliphatic heterocycles. The molecule has 2 aromatic rings. The van der Waals surface area contributed by atoms with E-state index in [0.29, 0.717) is 5.03 Å². The van der Waals surface area contributed by atoms with Crippen LogP contribution in [0.5, 0.6) is 0 Å². The molecule has 0 aromatic heterocycles. The van der Waals surface area contributed by atoms with E-state index < -0.39 is 0 Å². The van der Waals surface area contributed by atoms with Gasteiger partial charge in [-0.2, -0.15) is 0 Å². The van der Waals surface area contributed by atoms with E-state index in [9.17, 15) is 0 Å². The highest BCUT2D eigenvalue weighted by molar-refractivity contribution is 6.32. The Bertz CT molecular complexity index is 1290. The van der Waals surface area contributed by atoms with Crippen molar-refractivity contribution in [3.8, 4) is 0 Å². The Hall–Kier alpha value is -3.30. The van der Waals surface area contributed by atoms with E-state index in [1.165, 1.54) is 68.5 Å². The van der Waals surface area contributed by atoms with Gasteiger partial charge in [0.2, 0.25) is 0 Å². The normalized spacial score (nSPS) is 13.2. The van der Waals surface area contributed by atoms with E-state index in [0.717, 1.165) is 35.4 Å². The fourth-order valence-corrected chi connectivity index (χ4v) is 5.37. The zero-order valence-corrected chi connectivity index (χ0v) is 28.2. The zero-order valence-electron chi connectivity index (χ0n) is 27.5. The van der Waals surface area contributed by atoms with Gasteiger partial charge in [0, 0.05) is 55.7 Å². The fourth-order valence-electron chi connectivity index (χ4n) is 5.20. The minimum atomic E-state index is 0.695. The van der Waals surface area contributed by atoms with Crippen molar-refractivity contribution in [1.82, 2.24) is 0 Å². The Kier molecular flexibility index (Phi) is 14.6. The quantitative estimate of drug-likeness (QED) is 0.108. The second kappa shape index (κ2) is 18.4. The first kappa shape index (κ1) is 34.2. The van der Waals surface area contributed by atoms with E-state index in [4.69, 9.17) is 11.6 Å². The second-order valence-corrected chi connectivity index (χ2v) is 12.3. The molecule has 0 heterocycles. The summed E-state index contributed by atoms with van der Waals surface area (Å²) in [6, 6.07) is 17.6. The van der Waals surface area contributed by atoms with Gasteiger partial charge >= 0.3 is 0 Å². The number of rotatable bonds is 16. The molecule has 0 bridgehead atoms. The van der Waals surface area contributed by atoms with Crippen LogP contribution >= 0.6 is 11.6 Å². The van der Waals surface area contributed by atoms with Crippen LogP contribution in [0.3, 0.4) is 0 Å². The van der Waals surface area contributed by atoms with Gasteiger partial charge in [-0.1, -0.05) is 94.3 Å². The third-order valence-electron chi connectivity index (χ3n) is 7.93.